The van der Waals surface area contributed by atoms with E-state index in [0.29, 0.717) is 6.61 Å². The minimum absolute atomic E-state index is 0.563. The minimum Gasteiger partial charge on any atom is -0.461 e. The Labute approximate surface area is 143 Å². The van der Waals surface area contributed by atoms with Crippen molar-refractivity contribution in [1.29, 1.82) is 0 Å². The predicted molar refractivity (Wildman–Crippen MR) is 105 cm³/mol. The van der Waals surface area contributed by atoms with Crippen LogP contribution in [-0.2, 0) is 23.7 Å². The van der Waals surface area contributed by atoms with Gasteiger partial charge in [-0.15, -0.1) is 0 Å². The molecule has 0 radical (unpaired) electrons. The molecule has 0 amide bonds. The highest BCUT2D eigenvalue weighted by atomic mass is 31.2. The molecule has 2 rings (SSSR count). The van der Waals surface area contributed by atoms with Crippen molar-refractivity contribution in [1.82, 2.24) is 4.98 Å². The molecule has 1 aromatic rings. The number of fused-ring (bicyclic) bond motifs is 1. The molecule has 0 aliphatic carbocycles. The average Bonchev–Trinajstić information content (AvgIpc) is 2.30. The van der Waals surface area contributed by atoms with Crippen molar-refractivity contribution < 1.29 is 9.47 Å². The Balaban J connectivity index is 2.58. The van der Waals surface area contributed by atoms with Crippen molar-refractivity contribution in [3.05, 3.63) is 22.5 Å². The van der Waals surface area contributed by atoms with E-state index in [-0.39, 0.29) is 0 Å². The van der Waals surface area contributed by atoms with E-state index in [1.807, 2.05) is 13.8 Å². The summed E-state index contributed by atoms with van der Waals surface area (Å²) < 4.78 is 12.1. The Morgan fingerprint density at radius 3 is 2.09 bits per heavy atom. The lowest BCUT2D eigenvalue weighted by Crippen LogP contribution is -2.36. The van der Waals surface area contributed by atoms with Crippen LogP contribution in [0.5, 0.6) is 5.75 Å². The second-order valence-electron chi connectivity index (χ2n) is 9.12. The van der Waals surface area contributed by atoms with Crippen LogP contribution in [0.15, 0.2) is 0 Å². The maximum atomic E-state index is 6.13. The summed E-state index contributed by atoms with van der Waals surface area (Å²) in [5.41, 5.74) is 4.94. The lowest BCUT2D eigenvalue weighted by molar-refractivity contribution is -0.180. The molecule has 1 aliphatic rings. The molecule has 0 saturated carbocycles. The van der Waals surface area contributed by atoms with Crippen LogP contribution in [0.1, 0.15) is 36.4 Å². The maximum absolute atomic E-state index is 6.13. The molecule has 0 aromatic carbocycles. The highest BCUT2D eigenvalue weighted by Crippen LogP contribution is 2.55. The molecule has 0 saturated heterocycles. The van der Waals surface area contributed by atoms with Gasteiger partial charge in [-0.1, -0.05) is 0 Å². The zero-order valence-electron chi connectivity index (χ0n) is 16.3. The molecule has 1 aliphatic heterocycles. The van der Waals surface area contributed by atoms with Crippen LogP contribution < -0.4 is 4.74 Å². The molecule has 0 fully saturated rings. The maximum Gasteiger partial charge on any atom is 0.205 e. The highest BCUT2D eigenvalue weighted by Gasteiger charge is 2.35. The number of hydrogen-bond donors (Lipinski definition) is 0. The van der Waals surface area contributed by atoms with Gasteiger partial charge in [0, 0.05) is 79.5 Å². The summed E-state index contributed by atoms with van der Waals surface area (Å²) in [6.45, 7) is 21.0. The van der Waals surface area contributed by atoms with Crippen molar-refractivity contribution in [2.24, 2.45) is 0 Å². The molecule has 0 atom stereocenters. The Morgan fingerprint density at radius 1 is 1.00 bits per heavy atom. The van der Waals surface area contributed by atoms with Crippen molar-refractivity contribution in [3.8, 4) is 5.75 Å². The molecule has 23 heavy (non-hydrogen) atoms. The molecular weight excluding hydrogens is 324 g/mol. The first-order valence-corrected chi connectivity index (χ1v) is 14.9. The zero-order valence-corrected chi connectivity index (χ0v) is 18.1. The summed E-state index contributed by atoms with van der Waals surface area (Å²) in [5.74, 6) is 0.396. The van der Waals surface area contributed by atoms with Gasteiger partial charge in [0.1, 0.15) is 11.9 Å². The summed E-state index contributed by atoms with van der Waals surface area (Å²) in [6.07, 6.45) is 2.21. The SMILES string of the molecule is Cc1nc(C[P+](C)(C)C)c(C[P+](C)(C)C)c2c1OC(C)(C)OC2. The number of hydrogen-bond acceptors (Lipinski definition) is 3. The third-order valence-corrected chi connectivity index (χ3v) is 6.30. The van der Waals surface area contributed by atoms with E-state index < -0.39 is 20.3 Å². The van der Waals surface area contributed by atoms with Crippen LogP contribution in [-0.4, -0.2) is 50.8 Å². The van der Waals surface area contributed by atoms with Gasteiger partial charge in [-0.2, -0.15) is 0 Å². The van der Waals surface area contributed by atoms with Gasteiger partial charge in [-0.3, -0.25) is 0 Å². The molecule has 130 valence electrons. The van der Waals surface area contributed by atoms with E-state index in [2.05, 4.69) is 46.9 Å². The molecule has 2 heterocycles. The Kier molecular flexibility index (Phi) is 5.19. The number of aryl methyl sites for hydroxylation is 1. The molecule has 1 aromatic heterocycles. The topological polar surface area (TPSA) is 31.4 Å². The Bertz CT molecular complexity index is 599. The fourth-order valence-electron chi connectivity index (χ4n) is 2.90. The summed E-state index contributed by atoms with van der Waals surface area (Å²) in [4.78, 5) is 4.99. The number of pyridine rings is 1. The first kappa shape index (κ1) is 19.1. The fraction of sp³-hybridized carbons (Fsp3) is 0.722. The Morgan fingerprint density at radius 2 is 1.57 bits per heavy atom. The Hall–Kier alpha value is -0.230. The van der Waals surface area contributed by atoms with Crippen molar-refractivity contribution in [2.75, 3.05) is 40.0 Å². The van der Waals surface area contributed by atoms with Crippen LogP contribution in [0, 0.1) is 6.92 Å². The summed E-state index contributed by atoms with van der Waals surface area (Å²) in [5, 5.41) is 0. The first-order valence-electron chi connectivity index (χ1n) is 8.22. The van der Waals surface area contributed by atoms with Crippen molar-refractivity contribution in [3.63, 3.8) is 0 Å². The third kappa shape index (κ3) is 5.12. The summed E-state index contributed by atoms with van der Waals surface area (Å²) >= 11 is 0. The molecule has 3 nitrogen and oxygen atoms in total. The zero-order chi connectivity index (χ0) is 17.6. The molecule has 0 N–H and O–H groups in total. The van der Waals surface area contributed by atoms with Gasteiger partial charge >= 0.3 is 0 Å². The molecule has 0 spiro atoms. The standard InChI is InChI=1S/C18H33NO2P2/c1-13-17-14(10-20-18(2,3)21-17)15(11-22(4,5)6)16(19-13)12-23(7,8)9/h10-12H2,1-9H3/q+2. The molecular formula is C18H33NO2P2+2. The number of rotatable bonds is 4. The number of aromatic nitrogens is 1. The van der Waals surface area contributed by atoms with E-state index >= 15 is 0 Å². The predicted octanol–water partition coefficient (Wildman–Crippen LogP) is 4.85. The largest absolute Gasteiger partial charge is 0.461 e. The van der Waals surface area contributed by atoms with Crippen LogP contribution in [0.25, 0.3) is 0 Å². The molecule has 5 heteroatoms. The average molecular weight is 357 g/mol. The summed E-state index contributed by atoms with van der Waals surface area (Å²) in [7, 11) is -1.91. The van der Waals surface area contributed by atoms with Gasteiger partial charge in [-0.05, 0) is 6.92 Å². The first-order chi connectivity index (χ1) is 10.3. The van der Waals surface area contributed by atoms with E-state index in [9.17, 15) is 0 Å². The fourth-order valence-corrected chi connectivity index (χ4v) is 5.38. The van der Waals surface area contributed by atoms with E-state index in [0.717, 1.165) is 23.8 Å². The highest BCUT2D eigenvalue weighted by molar-refractivity contribution is 7.73. The minimum atomic E-state index is -0.962. The summed E-state index contributed by atoms with van der Waals surface area (Å²) in [6, 6.07) is 0. The molecule has 0 unspecified atom stereocenters. The van der Waals surface area contributed by atoms with E-state index in [1.165, 1.54) is 16.8 Å². The lowest BCUT2D eigenvalue weighted by atomic mass is 10.0. The van der Waals surface area contributed by atoms with Crippen LogP contribution in [0.2, 0.25) is 0 Å². The van der Waals surface area contributed by atoms with Gasteiger partial charge in [0.05, 0.1) is 24.2 Å². The second-order valence-corrected chi connectivity index (χ2v) is 18.9. The van der Waals surface area contributed by atoms with Gasteiger partial charge in [0.15, 0.2) is 0 Å². The smallest absolute Gasteiger partial charge is 0.205 e. The van der Waals surface area contributed by atoms with Crippen LogP contribution >= 0.6 is 14.5 Å². The normalized spacial score (nSPS) is 17.6. The van der Waals surface area contributed by atoms with Crippen LogP contribution in [0.4, 0.5) is 0 Å². The van der Waals surface area contributed by atoms with Gasteiger partial charge in [-0.25, -0.2) is 4.98 Å². The molecule has 0 bridgehead atoms. The van der Waals surface area contributed by atoms with Crippen molar-refractivity contribution >= 4 is 14.5 Å². The van der Waals surface area contributed by atoms with Gasteiger partial charge < -0.3 is 9.47 Å². The van der Waals surface area contributed by atoms with Gasteiger partial charge in [0.25, 0.3) is 0 Å². The van der Waals surface area contributed by atoms with E-state index in [4.69, 9.17) is 14.5 Å². The van der Waals surface area contributed by atoms with Crippen LogP contribution in [0.3, 0.4) is 0 Å². The lowest BCUT2D eigenvalue weighted by Gasteiger charge is -2.35. The number of nitrogens with zero attached hydrogens (tertiary/aromatic N) is 1. The second kappa shape index (κ2) is 6.25. The van der Waals surface area contributed by atoms with Gasteiger partial charge in [0.2, 0.25) is 5.79 Å². The number of ether oxygens (including phenoxy) is 2. The monoisotopic (exact) mass is 357 g/mol. The van der Waals surface area contributed by atoms with E-state index in [1.54, 1.807) is 0 Å². The third-order valence-electron chi connectivity index (χ3n) is 3.79. The van der Waals surface area contributed by atoms with Crippen molar-refractivity contribution in [2.45, 2.75) is 45.5 Å². The quantitative estimate of drug-likeness (QED) is 0.722.